The highest BCUT2D eigenvalue weighted by Gasteiger charge is 2.32. The van der Waals surface area contributed by atoms with Crippen LogP contribution in [0.4, 0.5) is 9.39 Å². The predicted molar refractivity (Wildman–Crippen MR) is 181 cm³/mol. The van der Waals surface area contributed by atoms with Gasteiger partial charge < -0.3 is 10.2 Å². The summed E-state index contributed by atoms with van der Waals surface area (Å²) in [5, 5.41) is 4.58. The summed E-state index contributed by atoms with van der Waals surface area (Å²) in [6.45, 7) is 4.40. The Kier molecular flexibility index (Phi) is 7.79. The first-order valence-corrected chi connectivity index (χ1v) is 16.3. The average Bonchev–Trinajstić information content (AvgIpc) is 3.61. The van der Waals surface area contributed by atoms with Gasteiger partial charge in [-0.2, -0.15) is 0 Å². The van der Waals surface area contributed by atoms with Crippen molar-refractivity contribution in [2.24, 2.45) is 0 Å². The van der Waals surface area contributed by atoms with Crippen molar-refractivity contribution in [3.05, 3.63) is 127 Å². The van der Waals surface area contributed by atoms with Gasteiger partial charge in [-0.05, 0) is 67.2 Å². The lowest BCUT2D eigenvalue weighted by Gasteiger charge is -2.26. The van der Waals surface area contributed by atoms with E-state index in [0.29, 0.717) is 75.7 Å². The molecule has 0 atom stereocenters. The molecule has 1 aliphatic carbocycles. The van der Waals surface area contributed by atoms with Crippen LogP contribution in [0.25, 0.3) is 22.6 Å². The number of fused-ring (bicyclic) bond motifs is 3. The number of anilines is 1. The summed E-state index contributed by atoms with van der Waals surface area (Å²) >= 11 is 7.69. The van der Waals surface area contributed by atoms with E-state index >= 15 is 0 Å². The minimum Gasteiger partial charge on any atom is -0.337 e. The third kappa shape index (κ3) is 5.31. The number of ketones is 1. The second-order valence-electron chi connectivity index (χ2n) is 11.7. The van der Waals surface area contributed by atoms with E-state index in [9.17, 15) is 18.8 Å². The van der Waals surface area contributed by atoms with Gasteiger partial charge >= 0.3 is 0 Å². The van der Waals surface area contributed by atoms with Crippen molar-refractivity contribution in [2.75, 3.05) is 11.9 Å². The van der Waals surface area contributed by atoms with Crippen molar-refractivity contribution in [3.8, 4) is 0 Å². The lowest BCUT2D eigenvalue weighted by Crippen LogP contribution is -2.33. The molecule has 1 aliphatic heterocycles. The van der Waals surface area contributed by atoms with Crippen molar-refractivity contribution in [1.82, 2.24) is 9.88 Å². The highest BCUT2D eigenvalue weighted by atomic mass is 35.5. The van der Waals surface area contributed by atoms with E-state index in [-0.39, 0.29) is 23.2 Å². The number of hydrogen-bond donors (Lipinski definition) is 1. The number of pyridine rings is 1. The van der Waals surface area contributed by atoms with Crippen LogP contribution in [-0.2, 0) is 24.2 Å². The van der Waals surface area contributed by atoms with Crippen LogP contribution < -0.4 is 5.32 Å². The number of rotatable bonds is 5. The van der Waals surface area contributed by atoms with Gasteiger partial charge in [-0.15, -0.1) is 11.3 Å². The number of aryl methyl sites for hydroxylation is 1. The van der Waals surface area contributed by atoms with Gasteiger partial charge in [-0.1, -0.05) is 65.7 Å². The molecule has 0 fully saturated rings. The Hall–Kier alpha value is -4.66. The molecule has 46 heavy (non-hydrogen) atoms. The summed E-state index contributed by atoms with van der Waals surface area (Å²) in [7, 11) is 0. The molecular weight excluding hydrogens is 621 g/mol. The van der Waals surface area contributed by atoms with Crippen LogP contribution in [0.3, 0.4) is 0 Å². The first-order chi connectivity index (χ1) is 22.2. The molecule has 0 spiro atoms. The molecule has 0 saturated carbocycles. The first-order valence-electron chi connectivity index (χ1n) is 15.1. The van der Waals surface area contributed by atoms with Crippen LogP contribution in [0.2, 0.25) is 5.02 Å². The molecular formula is C37H29ClFN3O3S. The van der Waals surface area contributed by atoms with Gasteiger partial charge in [0.15, 0.2) is 5.78 Å². The molecule has 0 bridgehead atoms. The van der Waals surface area contributed by atoms with Gasteiger partial charge in [0.2, 0.25) is 5.91 Å². The van der Waals surface area contributed by atoms with Crippen molar-refractivity contribution in [2.45, 2.75) is 39.7 Å². The summed E-state index contributed by atoms with van der Waals surface area (Å²) in [6, 6.07) is 19.4. The van der Waals surface area contributed by atoms with Crippen molar-refractivity contribution in [1.29, 1.82) is 0 Å². The van der Waals surface area contributed by atoms with E-state index in [2.05, 4.69) is 5.32 Å². The molecule has 5 aromatic rings. The summed E-state index contributed by atoms with van der Waals surface area (Å²) < 4.78 is 14.7. The SMILES string of the molecule is CC(=O)N1CCc2c(sc(NC(=O)c3c4c(nc5ccccc35)/C(=C/c3c(F)cccc3Cl)CC4)c2C(=O)c2ccc(C)cc2)C1. The number of halogens is 2. The Bertz CT molecular complexity index is 2100. The molecule has 0 unspecified atom stereocenters. The van der Waals surface area contributed by atoms with Gasteiger partial charge in [0.1, 0.15) is 10.8 Å². The number of carbonyl (C=O) groups excluding carboxylic acids is 3. The number of carbonyl (C=O) groups is 3. The predicted octanol–water partition coefficient (Wildman–Crippen LogP) is 8.27. The fourth-order valence-electron chi connectivity index (χ4n) is 6.38. The summed E-state index contributed by atoms with van der Waals surface area (Å²) in [4.78, 5) is 48.2. The standard InChI is InChI=1S/C37H29ClFN3O3S/c1-20-10-12-22(13-11-20)35(44)33-25-16-17-42(21(2)43)19-31(25)46-37(33)41-36(45)32-24-6-3-4-9-30(24)40-34-23(14-15-26(32)34)18-27-28(38)7-5-8-29(27)39/h3-13,18H,14-17,19H2,1-2H3,(H,41,45)/b23-18+. The molecule has 1 N–H and O–H groups in total. The second-order valence-corrected chi connectivity index (χ2v) is 13.2. The third-order valence-corrected chi connectivity index (χ3v) is 10.2. The fourth-order valence-corrected chi connectivity index (χ4v) is 7.85. The number of nitrogens with zero attached hydrogens (tertiary/aromatic N) is 2. The molecule has 2 aliphatic rings. The van der Waals surface area contributed by atoms with Gasteiger partial charge in [0.25, 0.3) is 5.91 Å². The molecule has 7 rings (SSSR count). The Balaban J connectivity index is 1.33. The molecule has 0 saturated heterocycles. The average molecular weight is 650 g/mol. The number of amides is 2. The topological polar surface area (TPSA) is 79.4 Å². The normalized spacial score (nSPS) is 14.8. The molecule has 3 heterocycles. The lowest BCUT2D eigenvalue weighted by molar-refractivity contribution is -0.129. The minimum atomic E-state index is -0.428. The van der Waals surface area contributed by atoms with E-state index in [1.54, 1.807) is 35.2 Å². The zero-order chi connectivity index (χ0) is 32.1. The largest absolute Gasteiger partial charge is 0.337 e. The number of nitrogens with one attached hydrogen (secondary N) is 1. The molecule has 2 aromatic heterocycles. The molecule has 9 heteroatoms. The summed E-state index contributed by atoms with van der Waals surface area (Å²) in [6.07, 6.45) is 3.35. The molecule has 3 aromatic carbocycles. The van der Waals surface area contributed by atoms with Gasteiger partial charge in [-0.25, -0.2) is 9.37 Å². The molecule has 0 radical (unpaired) electrons. The maximum Gasteiger partial charge on any atom is 0.257 e. The Morgan fingerprint density at radius 1 is 0.957 bits per heavy atom. The Morgan fingerprint density at radius 3 is 2.50 bits per heavy atom. The van der Waals surface area contributed by atoms with Gasteiger partial charge in [-0.3, -0.25) is 14.4 Å². The molecule has 6 nitrogen and oxygen atoms in total. The van der Waals surface area contributed by atoms with Gasteiger partial charge in [0, 0.05) is 34.9 Å². The number of para-hydroxylation sites is 1. The number of thiophene rings is 1. The third-order valence-electron chi connectivity index (χ3n) is 8.76. The van der Waals surface area contributed by atoms with E-state index in [1.807, 2.05) is 43.3 Å². The molecule has 230 valence electrons. The number of allylic oxidation sites excluding steroid dienone is 1. The van der Waals surface area contributed by atoms with Crippen LogP contribution in [0.1, 0.15) is 72.4 Å². The zero-order valence-electron chi connectivity index (χ0n) is 25.2. The summed E-state index contributed by atoms with van der Waals surface area (Å²) in [5.74, 6) is -0.973. The van der Waals surface area contributed by atoms with Crippen LogP contribution in [-0.4, -0.2) is 34.0 Å². The maximum atomic E-state index is 14.7. The second kappa shape index (κ2) is 11.9. The lowest BCUT2D eigenvalue weighted by atomic mass is 9.95. The van der Waals surface area contributed by atoms with Crippen LogP contribution in [0, 0.1) is 12.7 Å². The number of aromatic nitrogens is 1. The Labute approximate surface area is 274 Å². The fraction of sp³-hybridized carbons (Fsp3) is 0.189. The van der Waals surface area contributed by atoms with Crippen molar-refractivity contribution < 1.29 is 18.8 Å². The Morgan fingerprint density at radius 2 is 1.74 bits per heavy atom. The van der Waals surface area contributed by atoms with Crippen LogP contribution in [0.5, 0.6) is 0 Å². The first kappa shape index (κ1) is 30.0. The van der Waals surface area contributed by atoms with E-state index in [4.69, 9.17) is 16.6 Å². The number of hydrogen-bond acceptors (Lipinski definition) is 5. The van der Waals surface area contributed by atoms with E-state index < -0.39 is 5.82 Å². The highest BCUT2D eigenvalue weighted by molar-refractivity contribution is 7.17. The number of benzene rings is 3. The van der Waals surface area contributed by atoms with Crippen molar-refractivity contribution >= 4 is 68.1 Å². The van der Waals surface area contributed by atoms with Crippen LogP contribution >= 0.6 is 22.9 Å². The minimum absolute atomic E-state index is 0.0320. The zero-order valence-corrected chi connectivity index (χ0v) is 26.8. The van der Waals surface area contributed by atoms with Gasteiger partial charge in [0.05, 0.1) is 33.9 Å². The van der Waals surface area contributed by atoms with Crippen molar-refractivity contribution in [3.63, 3.8) is 0 Å². The maximum absolute atomic E-state index is 14.7. The van der Waals surface area contributed by atoms with E-state index in [0.717, 1.165) is 27.1 Å². The highest BCUT2D eigenvalue weighted by Crippen LogP contribution is 2.41. The smallest absolute Gasteiger partial charge is 0.257 e. The van der Waals surface area contributed by atoms with Crippen LogP contribution in [0.15, 0.2) is 66.7 Å². The quantitative estimate of drug-likeness (QED) is 0.194. The van der Waals surface area contributed by atoms with E-state index in [1.165, 1.54) is 24.3 Å². The monoisotopic (exact) mass is 649 g/mol. The molecule has 2 amide bonds. The summed E-state index contributed by atoms with van der Waals surface area (Å²) in [5.41, 5.74) is 6.54.